The fourth-order valence-corrected chi connectivity index (χ4v) is 2.77. The first-order valence-electron chi connectivity index (χ1n) is 6.86. The first-order valence-corrected chi connectivity index (χ1v) is 6.86. The third-order valence-electron chi connectivity index (χ3n) is 3.82. The molecule has 19 heavy (non-hydrogen) atoms. The molecule has 4 nitrogen and oxygen atoms in total. The summed E-state index contributed by atoms with van der Waals surface area (Å²) >= 11 is 0. The highest BCUT2D eigenvalue weighted by Gasteiger charge is 2.14. The maximum absolute atomic E-state index is 11.7. The summed E-state index contributed by atoms with van der Waals surface area (Å²) in [6.45, 7) is 3.03. The zero-order valence-corrected chi connectivity index (χ0v) is 11.1. The van der Waals surface area contributed by atoms with E-state index in [-0.39, 0.29) is 5.69 Å². The van der Waals surface area contributed by atoms with Gasteiger partial charge in [-0.2, -0.15) is 0 Å². The van der Waals surface area contributed by atoms with Gasteiger partial charge in [0.05, 0.1) is 5.69 Å². The molecule has 2 N–H and O–H groups in total. The Morgan fingerprint density at radius 1 is 1.21 bits per heavy atom. The van der Waals surface area contributed by atoms with Crippen LogP contribution in [0.25, 0.3) is 5.69 Å². The highest BCUT2D eigenvalue weighted by Crippen LogP contribution is 2.23. The van der Waals surface area contributed by atoms with Crippen molar-refractivity contribution in [2.45, 2.75) is 32.2 Å². The smallest absolute Gasteiger partial charge is 0.312 e. The van der Waals surface area contributed by atoms with Crippen LogP contribution in [0.1, 0.15) is 36.6 Å². The molecular weight excluding hydrogens is 238 g/mol. The average molecular weight is 257 g/mol. The van der Waals surface area contributed by atoms with Crippen LogP contribution in [0, 0.1) is 6.92 Å². The molecule has 1 aromatic heterocycles. The average Bonchev–Trinajstić information content (AvgIpc) is 2.79. The van der Waals surface area contributed by atoms with Crippen molar-refractivity contribution in [3.05, 3.63) is 52.2 Å². The van der Waals surface area contributed by atoms with Crippen molar-refractivity contribution < 1.29 is 0 Å². The second-order valence-electron chi connectivity index (χ2n) is 5.16. The van der Waals surface area contributed by atoms with Gasteiger partial charge in [-0.15, -0.1) is 0 Å². The zero-order valence-electron chi connectivity index (χ0n) is 11.1. The van der Waals surface area contributed by atoms with Crippen LogP contribution in [-0.2, 0) is 0 Å². The molecule has 1 atom stereocenters. The third-order valence-corrected chi connectivity index (χ3v) is 3.82. The van der Waals surface area contributed by atoms with Gasteiger partial charge in [0.15, 0.2) is 0 Å². The lowest BCUT2D eigenvalue weighted by molar-refractivity contribution is 0.412. The van der Waals surface area contributed by atoms with Crippen LogP contribution in [0.3, 0.4) is 0 Å². The summed E-state index contributed by atoms with van der Waals surface area (Å²) in [5.74, 6) is 0. The summed E-state index contributed by atoms with van der Waals surface area (Å²) in [4.78, 5) is 14.4. The Morgan fingerprint density at radius 2 is 2.00 bits per heavy atom. The molecule has 0 amide bonds. The third kappa shape index (κ3) is 2.36. The predicted molar refractivity (Wildman–Crippen MR) is 75.7 cm³/mol. The summed E-state index contributed by atoms with van der Waals surface area (Å²) in [6.07, 6.45) is 5.49. The number of benzene rings is 1. The summed E-state index contributed by atoms with van der Waals surface area (Å²) in [5.41, 5.74) is 3.07. The van der Waals surface area contributed by atoms with Crippen molar-refractivity contribution in [1.29, 1.82) is 0 Å². The topological polar surface area (TPSA) is 49.8 Å². The van der Waals surface area contributed by atoms with Crippen LogP contribution in [0.15, 0.2) is 35.3 Å². The van der Waals surface area contributed by atoms with Crippen LogP contribution in [-0.4, -0.2) is 16.1 Å². The van der Waals surface area contributed by atoms with Gasteiger partial charge >= 0.3 is 5.69 Å². The number of aromatic nitrogens is 2. The Morgan fingerprint density at radius 3 is 2.58 bits per heavy atom. The van der Waals surface area contributed by atoms with Crippen LogP contribution >= 0.6 is 0 Å². The summed E-state index contributed by atoms with van der Waals surface area (Å²) < 4.78 is 1.69. The molecule has 2 heterocycles. The van der Waals surface area contributed by atoms with E-state index in [4.69, 9.17) is 0 Å². The molecule has 1 fully saturated rings. The highest BCUT2D eigenvalue weighted by molar-refractivity contribution is 5.37. The van der Waals surface area contributed by atoms with E-state index in [2.05, 4.69) is 22.4 Å². The summed E-state index contributed by atoms with van der Waals surface area (Å²) in [6, 6.07) is 8.75. The lowest BCUT2D eigenvalue weighted by Crippen LogP contribution is -2.26. The van der Waals surface area contributed by atoms with E-state index < -0.39 is 0 Å². The Labute approximate surface area is 112 Å². The molecule has 1 saturated heterocycles. The number of rotatable bonds is 2. The molecule has 0 spiro atoms. The number of nitrogens with zero attached hydrogens (tertiary/aromatic N) is 1. The Kier molecular flexibility index (Phi) is 3.25. The molecule has 3 rings (SSSR count). The number of aryl methyl sites for hydroxylation is 1. The molecule has 1 unspecified atom stereocenters. The molecule has 4 heteroatoms. The molecule has 0 radical (unpaired) electrons. The Bertz CT molecular complexity index is 603. The maximum Gasteiger partial charge on any atom is 0.330 e. The summed E-state index contributed by atoms with van der Waals surface area (Å²) in [5, 5.41) is 3.54. The molecule has 0 saturated carbocycles. The van der Waals surface area contributed by atoms with Gasteiger partial charge in [0.25, 0.3) is 0 Å². The fourth-order valence-electron chi connectivity index (χ4n) is 2.77. The van der Waals surface area contributed by atoms with Crippen LogP contribution in [0.5, 0.6) is 0 Å². The fraction of sp³-hybridized carbons (Fsp3) is 0.400. The molecule has 0 bridgehead atoms. The van der Waals surface area contributed by atoms with Crippen molar-refractivity contribution in [2.24, 2.45) is 0 Å². The number of aromatic amines is 1. The first-order chi connectivity index (χ1) is 9.25. The molecule has 1 aliphatic rings. The van der Waals surface area contributed by atoms with E-state index in [0.29, 0.717) is 6.04 Å². The lowest BCUT2D eigenvalue weighted by atomic mass is 9.97. The van der Waals surface area contributed by atoms with Crippen LogP contribution in [0.2, 0.25) is 0 Å². The van der Waals surface area contributed by atoms with Gasteiger partial charge < -0.3 is 10.3 Å². The molecular formula is C15H19N3O. The van der Waals surface area contributed by atoms with Crippen molar-refractivity contribution >= 4 is 0 Å². The number of hydrogen-bond acceptors (Lipinski definition) is 2. The molecule has 2 aromatic rings. The van der Waals surface area contributed by atoms with Gasteiger partial charge in [-0.1, -0.05) is 18.6 Å². The Hall–Kier alpha value is -1.81. The number of piperidine rings is 1. The Balaban J connectivity index is 1.88. The number of hydrogen-bond donors (Lipinski definition) is 2. The molecule has 100 valence electrons. The minimum absolute atomic E-state index is 0.0824. The first kappa shape index (κ1) is 12.2. The quantitative estimate of drug-likeness (QED) is 0.867. The predicted octanol–water partition coefficient (Wildman–Crippen LogP) is 2.29. The van der Waals surface area contributed by atoms with Gasteiger partial charge in [-0.05, 0) is 44.0 Å². The van der Waals surface area contributed by atoms with E-state index in [0.717, 1.165) is 17.9 Å². The number of imidazole rings is 1. The van der Waals surface area contributed by atoms with E-state index in [1.54, 1.807) is 10.8 Å². The van der Waals surface area contributed by atoms with Crippen LogP contribution < -0.4 is 11.0 Å². The van der Waals surface area contributed by atoms with Crippen molar-refractivity contribution in [1.82, 2.24) is 14.9 Å². The molecule has 1 aliphatic heterocycles. The van der Waals surface area contributed by atoms with Gasteiger partial charge in [0.2, 0.25) is 0 Å². The number of nitrogens with one attached hydrogen (secondary N) is 2. The minimum atomic E-state index is -0.0824. The normalized spacial score (nSPS) is 19.5. The largest absolute Gasteiger partial charge is 0.330 e. The van der Waals surface area contributed by atoms with Crippen molar-refractivity contribution in [3.63, 3.8) is 0 Å². The van der Waals surface area contributed by atoms with Gasteiger partial charge in [-0.3, -0.25) is 4.57 Å². The summed E-state index contributed by atoms with van der Waals surface area (Å²) in [7, 11) is 0. The van der Waals surface area contributed by atoms with Gasteiger partial charge in [0.1, 0.15) is 0 Å². The number of H-pyrrole nitrogens is 1. The second-order valence-corrected chi connectivity index (χ2v) is 5.16. The van der Waals surface area contributed by atoms with E-state index in [9.17, 15) is 4.79 Å². The zero-order chi connectivity index (χ0) is 13.2. The lowest BCUT2D eigenvalue weighted by Gasteiger charge is -2.24. The van der Waals surface area contributed by atoms with Gasteiger partial charge in [0, 0.05) is 17.9 Å². The highest BCUT2D eigenvalue weighted by atomic mass is 16.1. The van der Waals surface area contributed by atoms with Crippen LogP contribution in [0.4, 0.5) is 0 Å². The van der Waals surface area contributed by atoms with Gasteiger partial charge in [-0.25, -0.2) is 4.79 Å². The molecule has 0 aliphatic carbocycles. The van der Waals surface area contributed by atoms with E-state index >= 15 is 0 Å². The second kappa shape index (κ2) is 5.05. The SMILES string of the molecule is Cc1c[nH]c(=O)n1-c1ccc(C2CCCCN2)cc1. The van der Waals surface area contributed by atoms with E-state index in [1.165, 1.54) is 24.8 Å². The standard InChI is InChI=1S/C15H19N3O/c1-11-10-17-15(19)18(11)13-7-5-12(6-8-13)14-4-2-3-9-16-14/h5-8,10,14,16H,2-4,9H2,1H3,(H,17,19). The minimum Gasteiger partial charge on any atom is -0.312 e. The molecule has 1 aromatic carbocycles. The monoisotopic (exact) mass is 257 g/mol. The van der Waals surface area contributed by atoms with E-state index in [1.807, 2.05) is 19.1 Å². The van der Waals surface area contributed by atoms with Crippen molar-refractivity contribution in [3.8, 4) is 5.69 Å². The maximum atomic E-state index is 11.7. The van der Waals surface area contributed by atoms with Crippen molar-refractivity contribution in [2.75, 3.05) is 6.54 Å².